The van der Waals surface area contributed by atoms with Crippen LogP contribution in [-0.2, 0) is 0 Å². The smallest absolute Gasteiger partial charge is 0.0377 e. The predicted molar refractivity (Wildman–Crippen MR) is 79.2 cm³/mol. The third kappa shape index (κ3) is 3.26. The van der Waals surface area contributed by atoms with Gasteiger partial charge in [-0.3, -0.25) is 0 Å². The fraction of sp³-hybridized carbons (Fsp3) is 0.625. The number of anilines is 1. The molecule has 2 nitrogen and oxygen atoms in total. The number of piperidine rings is 1. The topological polar surface area (TPSA) is 24.1 Å². The van der Waals surface area contributed by atoms with Crippen LogP contribution in [0.1, 0.15) is 45.1 Å². The third-order valence-corrected chi connectivity index (χ3v) is 4.06. The first-order valence-corrected chi connectivity index (χ1v) is 7.24. The van der Waals surface area contributed by atoms with E-state index in [1.807, 2.05) is 0 Å². The van der Waals surface area contributed by atoms with Crippen LogP contribution >= 0.6 is 0 Å². The molecular formula is C16H26N2. The number of hydrogen-bond donors (Lipinski definition) is 2. The average molecular weight is 246 g/mol. The molecule has 1 fully saturated rings. The van der Waals surface area contributed by atoms with E-state index in [1.54, 1.807) is 0 Å². The number of hydrogen-bond acceptors (Lipinski definition) is 2. The van der Waals surface area contributed by atoms with Gasteiger partial charge in [0.25, 0.3) is 0 Å². The maximum absolute atomic E-state index is 3.73. The van der Waals surface area contributed by atoms with Crippen LogP contribution in [0.25, 0.3) is 0 Å². The largest absolute Gasteiger partial charge is 0.382 e. The highest BCUT2D eigenvalue weighted by atomic mass is 14.9. The molecule has 18 heavy (non-hydrogen) atoms. The summed E-state index contributed by atoms with van der Waals surface area (Å²) >= 11 is 0. The second kappa shape index (κ2) is 6.24. The van der Waals surface area contributed by atoms with Gasteiger partial charge < -0.3 is 10.6 Å². The minimum Gasteiger partial charge on any atom is -0.382 e. The molecule has 1 aromatic rings. The van der Waals surface area contributed by atoms with E-state index in [9.17, 15) is 0 Å². The molecule has 0 spiro atoms. The van der Waals surface area contributed by atoms with Gasteiger partial charge in [-0.15, -0.1) is 0 Å². The van der Waals surface area contributed by atoms with Gasteiger partial charge >= 0.3 is 0 Å². The Balaban J connectivity index is 2.03. The van der Waals surface area contributed by atoms with Crippen molar-refractivity contribution in [3.63, 3.8) is 0 Å². The van der Waals surface area contributed by atoms with Crippen molar-refractivity contribution < 1.29 is 0 Å². The minimum atomic E-state index is 0.562. The van der Waals surface area contributed by atoms with Crippen molar-refractivity contribution in [1.82, 2.24) is 5.32 Å². The summed E-state index contributed by atoms with van der Waals surface area (Å²) < 4.78 is 0. The summed E-state index contributed by atoms with van der Waals surface area (Å²) in [6, 6.07) is 9.28. The molecule has 1 heterocycles. The van der Waals surface area contributed by atoms with Crippen LogP contribution in [0.2, 0.25) is 0 Å². The number of nitrogens with one attached hydrogen (secondary N) is 2. The fourth-order valence-corrected chi connectivity index (χ4v) is 2.84. The Bertz CT molecular complexity index is 367. The number of para-hydroxylation sites is 1. The van der Waals surface area contributed by atoms with Crippen molar-refractivity contribution in [2.24, 2.45) is 5.92 Å². The summed E-state index contributed by atoms with van der Waals surface area (Å²) in [6.07, 6.45) is 2.58. The monoisotopic (exact) mass is 246 g/mol. The van der Waals surface area contributed by atoms with Gasteiger partial charge in [-0.05, 0) is 56.3 Å². The van der Waals surface area contributed by atoms with Crippen LogP contribution in [0.4, 0.5) is 5.69 Å². The molecule has 0 bridgehead atoms. The highest BCUT2D eigenvalue weighted by Crippen LogP contribution is 2.26. The molecule has 100 valence electrons. The molecule has 0 saturated carbocycles. The lowest BCUT2D eigenvalue weighted by Gasteiger charge is -2.30. The molecule has 1 saturated heterocycles. The van der Waals surface area contributed by atoms with Gasteiger partial charge in [0, 0.05) is 11.7 Å². The Labute approximate surface area is 111 Å². The summed E-state index contributed by atoms with van der Waals surface area (Å²) in [7, 11) is 0. The molecule has 0 amide bonds. The predicted octanol–water partition coefficient (Wildman–Crippen LogP) is 3.61. The molecule has 1 aliphatic rings. The molecule has 1 unspecified atom stereocenters. The number of rotatable bonds is 4. The van der Waals surface area contributed by atoms with Crippen molar-refractivity contribution in [3.05, 3.63) is 29.8 Å². The van der Waals surface area contributed by atoms with E-state index in [2.05, 4.69) is 55.7 Å². The summed E-state index contributed by atoms with van der Waals surface area (Å²) in [4.78, 5) is 0. The Morgan fingerprint density at radius 2 is 1.78 bits per heavy atom. The van der Waals surface area contributed by atoms with Crippen LogP contribution < -0.4 is 10.6 Å². The summed E-state index contributed by atoms with van der Waals surface area (Å²) in [6.45, 7) is 9.18. The van der Waals surface area contributed by atoms with Crippen LogP contribution in [0.5, 0.6) is 0 Å². The van der Waals surface area contributed by atoms with Crippen molar-refractivity contribution in [2.75, 3.05) is 18.4 Å². The molecule has 2 heteroatoms. The molecule has 0 aliphatic carbocycles. The second-order valence-corrected chi connectivity index (χ2v) is 5.76. The zero-order valence-electron chi connectivity index (χ0n) is 11.9. The summed E-state index contributed by atoms with van der Waals surface area (Å²) in [5.41, 5.74) is 2.75. The van der Waals surface area contributed by atoms with E-state index in [4.69, 9.17) is 0 Å². The molecule has 1 atom stereocenters. The first-order valence-electron chi connectivity index (χ1n) is 7.24. The zero-order valence-corrected chi connectivity index (χ0v) is 11.9. The molecular weight excluding hydrogens is 220 g/mol. The fourth-order valence-electron chi connectivity index (χ4n) is 2.84. The molecule has 0 aromatic heterocycles. The Morgan fingerprint density at radius 3 is 2.44 bits per heavy atom. The van der Waals surface area contributed by atoms with E-state index < -0.39 is 0 Å². The van der Waals surface area contributed by atoms with Gasteiger partial charge in [-0.25, -0.2) is 0 Å². The van der Waals surface area contributed by atoms with E-state index in [0.29, 0.717) is 12.0 Å². The lowest BCUT2D eigenvalue weighted by molar-refractivity contribution is 0.343. The third-order valence-electron chi connectivity index (χ3n) is 4.06. The Hall–Kier alpha value is -1.02. The maximum atomic E-state index is 3.73. The van der Waals surface area contributed by atoms with Crippen LogP contribution in [0.3, 0.4) is 0 Å². The van der Waals surface area contributed by atoms with Crippen LogP contribution in [0, 0.1) is 5.92 Å². The highest BCUT2D eigenvalue weighted by molar-refractivity contribution is 5.53. The molecule has 0 radical (unpaired) electrons. The van der Waals surface area contributed by atoms with Gasteiger partial charge in [0.1, 0.15) is 0 Å². The average Bonchev–Trinajstić information content (AvgIpc) is 2.40. The standard InChI is InChI=1S/C16H26N2/c1-12(2)15-6-4-5-7-16(15)18-13(3)14-8-10-17-11-9-14/h4-7,12-14,17-18H,8-11H2,1-3H3. The van der Waals surface area contributed by atoms with Gasteiger partial charge in [-0.1, -0.05) is 32.0 Å². The van der Waals surface area contributed by atoms with Gasteiger partial charge in [0.05, 0.1) is 0 Å². The van der Waals surface area contributed by atoms with E-state index in [-0.39, 0.29) is 0 Å². The van der Waals surface area contributed by atoms with Crippen LogP contribution in [-0.4, -0.2) is 19.1 Å². The van der Waals surface area contributed by atoms with Gasteiger partial charge in [0.2, 0.25) is 0 Å². The van der Waals surface area contributed by atoms with Crippen molar-refractivity contribution in [2.45, 2.75) is 45.6 Å². The van der Waals surface area contributed by atoms with Gasteiger partial charge in [0.15, 0.2) is 0 Å². The quantitative estimate of drug-likeness (QED) is 0.848. The van der Waals surface area contributed by atoms with E-state index in [0.717, 1.165) is 5.92 Å². The van der Waals surface area contributed by atoms with Crippen molar-refractivity contribution in [1.29, 1.82) is 0 Å². The van der Waals surface area contributed by atoms with E-state index in [1.165, 1.54) is 37.2 Å². The molecule has 2 rings (SSSR count). The molecule has 2 N–H and O–H groups in total. The van der Waals surface area contributed by atoms with E-state index >= 15 is 0 Å². The summed E-state index contributed by atoms with van der Waals surface area (Å²) in [5, 5.41) is 7.17. The summed E-state index contributed by atoms with van der Waals surface area (Å²) in [5.74, 6) is 1.38. The molecule has 1 aromatic carbocycles. The zero-order chi connectivity index (χ0) is 13.0. The van der Waals surface area contributed by atoms with Crippen molar-refractivity contribution in [3.8, 4) is 0 Å². The number of benzene rings is 1. The second-order valence-electron chi connectivity index (χ2n) is 5.76. The molecule has 1 aliphatic heterocycles. The van der Waals surface area contributed by atoms with Crippen molar-refractivity contribution >= 4 is 5.69 Å². The first kappa shape index (κ1) is 13.4. The highest BCUT2D eigenvalue weighted by Gasteiger charge is 2.20. The lowest BCUT2D eigenvalue weighted by Crippen LogP contribution is -2.36. The normalized spacial score (nSPS) is 18.9. The van der Waals surface area contributed by atoms with Crippen LogP contribution in [0.15, 0.2) is 24.3 Å². The first-order chi connectivity index (χ1) is 8.68. The van der Waals surface area contributed by atoms with Gasteiger partial charge in [-0.2, -0.15) is 0 Å². The maximum Gasteiger partial charge on any atom is 0.0377 e. The lowest BCUT2D eigenvalue weighted by atomic mass is 9.90. The minimum absolute atomic E-state index is 0.562. The SMILES string of the molecule is CC(C)c1ccccc1NC(C)C1CCNCC1. The Morgan fingerprint density at radius 1 is 1.11 bits per heavy atom. The Kier molecular flexibility index (Phi) is 4.65.